The lowest BCUT2D eigenvalue weighted by Gasteiger charge is -2.25. The summed E-state index contributed by atoms with van der Waals surface area (Å²) in [5.41, 5.74) is 13.4. The molecule has 416 valence electrons. The minimum Gasteiger partial charge on any atom is -0.497 e. The molecule has 4 aromatic carbocycles. The van der Waals surface area contributed by atoms with Gasteiger partial charge in [-0.25, -0.2) is 4.68 Å². The second kappa shape index (κ2) is 29.2. The Morgan fingerprint density at radius 3 is 2.13 bits per heavy atom. The van der Waals surface area contributed by atoms with Crippen molar-refractivity contribution in [1.82, 2.24) is 34.7 Å². The van der Waals surface area contributed by atoms with E-state index in [0.717, 1.165) is 58.2 Å². The molecule has 2 aliphatic heterocycles. The van der Waals surface area contributed by atoms with E-state index >= 15 is 0 Å². The van der Waals surface area contributed by atoms with Crippen LogP contribution in [-0.4, -0.2) is 153 Å². The number of rotatable bonds is 26. The highest BCUT2D eigenvalue weighted by atomic mass is 32.1. The fourth-order valence-electron chi connectivity index (χ4n) is 9.73. The third-order valence-corrected chi connectivity index (χ3v) is 14.7. The van der Waals surface area contributed by atoms with Gasteiger partial charge in [0.2, 0.25) is 5.91 Å². The van der Waals surface area contributed by atoms with Crippen molar-refractivity contribution in [2.24, 2.45) is 5.73 Å². The maximum absolute atomic E-state index is 12.9. The van der Waals surface area contributed by atoms with Gasteiger partial charge < -0.3 is 58.6 Å². The molecule has 0 unspecified atom stereocenters. The van der Waals surface area contributed by atoms with Gasteiger partial charge in [0.25, 0.3) is 11.8 Å². The minimum atomic E-state index is -0.580. The van der Waals surface area contributed by atoms with Crippen molar-refractivity contribution in [3.63, 3.8) is 0 Å². The van der Waals surface area contributed by atoms with E-state index in [9.17, 15) is 14.4 Å². The van der Waals surface area contributed by atoms with Crippen LogP contribution in [0.2, 0.25) is 0 Å². The van der Waals surface area contributed by atoms with E-state index in [1.165, 1.54) is 48.3 Å². The number of nitrogens with one attached hydrogen (secondary N) is 1. The number of benzene rings is 4. The lowest BCUT2D eigenvalue weighted by molar-refractivity contribution is -0.131. The number of piperidine rings is 1. The fraction of sp³-hybridized carbons (Fsp3) is 0.441. The van der Waals surface area contributed by atoms with Crippen LogP contribution in [0.15, 0.2) is 90.4 Å². The minimum absolute atomic E-state index is 0.0329. The number of fused-ring (bicyclic) bond motifs is 4. The summed E-state index contributed by atoms with van der Waals surface area (Å²) in [6.45, 7) is 14.5. The number of aryl methyl sites for hydroxylation is 1. The maximum Gasteiger partial charge on any atom is 0.252 e. The van der Waals surface area contributed by atoms with E-state index in [-0.39, 0.29) is 11.8 Å². The molecule has 1 saturated heterocycles. The number of carbonyl (C=O) groups excluding carboxylic acids is 3. The van der Waals surface area contributed by atoms with Crippen LogP contribution in [0.25, 0.3) is 43.4 Å². The molecular formula is C59H74N8O10S. The second-order valence-corrected chi connectivity index (χ2v) is 20.0. The third-order valence-electron chi connectivity index (χ3n) is 13.8. The van der Waals surface area contributed by atoms with Gasteiger partial charge in [-0.15, -0.1) is 16.4 Å². The van der Waals surface area contributed by atoms with Crippen molar-refractivity contribution in [2.45, 2.75) is 65.6 Å². The number of thiophene rings is 1. The average Bonchev–Trinajstić information content (AvgIpc) is 4.42. The van der Waals surface area contributed by atoms with Gasteiger partial charge in [0, 0.05) is 89.1 Å². The molecule has 3 aromatic heterocycles. The predicted molar refractivity (Wildman–Crippen MR) is 303 cm³/mol. The molecule has 0 radical (unpaired) electrons. The smallest absolute Gasteiger partial charge is 0.252 e. The normalized spacial score (nSPS) is 13.6. The Hall–Kier alpha value is -6.87. The Morgan fingerprint density at radius 2 is 1.45 bits per heavy atom. The first-order chi connectivity index (χ1) is 38.2. The van der Waals surface area contributed by atoms with Gasteiger partial charge in [-0.1, -0.05) is 36.8 Å². The van der Waals surface area contributed by atoms with E-state index in [1.807, 2.05) is 48.1 Å². The molecule has 7 aromatic rings. The van der Waals surface area contributed by atoms with Crippen LogP contribution >= 0.6 is 11.3 Å². The zero-order valence-corrected chi connectivity index (χ0v) is 46.3. The Morgan fingerprint density at radius 1 is 0.731 bits per heavy atom. The van der Waals surface area contributed by atoms with E-state index in [4.69, 9.17) is 38.9 Å². The van der Waals surface area contributed by atoms with E-state index in [0.29, 0.717) is 120 Å². The summed E-state index contributed by atoms with van der Waals surface area (Å²) in [5.74, 6) is 1.05. The van der Waals surface area contributed by atoms with Gasteiger partial charge in [0.15, 0.2) is 0 Å². The molecule has 2 aliphatic rings. The summed E-state index contributed by atoms with van der Waals surface area (Å²) in [4.78, 5) is 42.8. The first-order valence-corrected chi connectivity index (χ1v) is 27.9. The molecule has 5 heterocycles. The highest BCUT2D eigenvalue weighted by molar-refractivity contribution is 7.13. The van der Waals surface area contributed by atoms with Gasteiger partial charge in [-0.05, 0) is 110 Å². The van der Waals surface area contributed by atoms with Gasteiger partial charge in [-0.2, -0.15) is 0 Å². The zero-order valence-electron chi connectivity index (χ0n) is 45.5. The largest absolute Gasteiger partial charge is 0.497 e. The van der Waals surface area contributed by atoms with Crippen LogP contribution < -0.4 is 25.3 Å². The van der Waals surface area contributed by atoms with Crippen LogP contribution in [-0.2, 0) is 49.8 Å². The van der Waals surface area contributed by atoms with Gasteiger partial charge in [0.05, 0.1) is 91.4 Å². The van der Waals surface area contributed by atoms with Crippen LogP contribution in [0.1, 0.15) is 71.5 Å². The lowest BCUT2D eigenvalue weighted by Crippen LogP contribution is -2.31. The quantitative estimate of drug-likeness (QED) is 0.0493. The van der Waals surface area contributed by atoms with Crippen molar-refractivity contribution >= 4 is 50.9 Å². The number of ether oxygens (including phenoxy) is 7. The summed E-state index contributed by atoms with van der Waals surface area (Å²) in [7, 11) is 3.15. The first kappa shape index (κ1) is 57.3. The second-order valence-electron chi connectivity index (χ2n) is 19.0. The number of nitrogens with zero attached hydrogens (tertiary/aromatic N) is 6. The molecule has 1 fully saturated rings. The number of carbonyl (C=O) groups is 3. The molecule has 0 atom stereocenters. The molecule has 0 aliphatic carbocycles. The molecule has 3 N–H and O–H groups in total. The van der Waals surface area contributed by atoms with Crippen molar-refractivity contribution in [2.75, 3.05) is 106 Å². The van der Waals surface area contributed by atoms with Gasteiger partial charge in [-0.3, -0.25) is 14.4 Å². The summed E-state index contributed by atoms with van der Waals surface area (Å²) >= 11 is 1.74. The fourth-order valence-corrected chi connectivity index (χ4v) is 10.5. The van der Waals surface area contributed by atoms with Crippen molar-refractivity contribution in [1.29, 1.82) is 0 Å². The number of likely N-dealkylation sites (tertiary alicyclic amines) is 1. The number of hydrogen-bond acceptors (Lipinski definition) is 14. The van der Waals surface area contributed by atoms with Gasteiger partial charge in [0.1, 0.15) is 23.9 Å². The van der Waals surface area contributed by atoms with Crippen molar-refractivity contribution in [3.05, 3.63) is 113 Å². The standard InChI is InChI=1S/C38H50N6O5S.C21H24N2O5/c1-2-44-35-11-9-31(27-34(35)33-10-8-30(28-36(33)44)37-7-6-26-50-37)38(45)39-13-18-46-20-22-48-24-25-49-23-21-47-19-17-43-29-32(40-41-43)12-16-42-14-4-3-5-15-42;1-4-19(24)23-5-6-28-20-15(12-23)7-13(10-18(20)21(22)25)14-8-16(26-2)11-17(9-14)27-3/h6-11,26-29H,2-5,12-25H2,1H3,(H,39,45);7-11H,4-6,12H2,1-3H3,(H2,22,25). The monoisotopic (exact) mass is 1090 g/mol. The molecule has 78 heavy (non-hydrogen) atoms. The third kappa shape index (κ3) is 15.4. The Labute approximate surface area is 460 Å². The molecule has 18 nitrogen and oxygen atoms in total. The lowest BCUT2D eigenvalue weighted by atomic mass is 9.97. The number of nitrogens with two attached hydrogens (primary N) is 1. The van der Waals surface area contributed by atoms with E-state index in [1.54, 1.807) is 42.6 Å². The van der Waals surface area contributed by atoms with E-state index < -0.39 is 5.91 Å². The number of aromatic nitrogens is 4. The molecule has 0 saturated carbocycles. The highest BCUT2D eigenvalue weighted by Gasteiger charge is 2.25. The molecule has 19 heteroatoms. The predicted octanol–water partition coefficient (Wildman–Crippen LogP) is 8.26. The van der Waals surface area contributed by atoms with Crippen molar-refractivity contribution in [3.8, 4) is 38.8 Å². The number of amides is 3. The Bertz CT molecular complexity index is 3040. The molecule has 0 spiro atoms. The SMILES string of the molecule is CCC(=O)N1CCOc2c(cc(-c3cc(OC)cc(OC)c3)cc2C(N)=O)C1.CCn1c2ccc(C(=O)NCCOCCOCCOCCOCCn3cc(CCN4CCCCC4)nn3)cc2c2ccc(-c3cccs3)cc21. The topological polar surface area (TPSA) is 196 Å². The zero-order chi connectivity index (χ0) is 54.6. The van der Waals surface area contributed by atoms with Crippen LogP contribution in [0.4, 0.5) is 0 Å². The number of hydrogen-bond donors (Lipinski definition) is 2. The van der Waals surface area contributed by atoms with Gasteiger partial charge >= 0.3 is 0 Å². The van der Waals surface area contributed by atoms with Crippen LogP contribution in [0.3, 0.4) is 0 Å². The Balaban J connectivity index is 0.000000242. The summed E-state index contributed by atoms with van der Waals surface area (Å²) in [5, 5.41) is 15.8. The highest BCUT2D eigenvalue weighted by Crippen LogP contribution is 2.37. The Kier molecular flexibility index (Phi) is 21.5. The first-order valence-electron chi connectivity index (χ1n) is 27.1. The summed E-state index contributed by atoms with van der Waals surface area (Å²) in [6.07, 6.45) is 7.36. The maximum atomic E-state index is 12.9. The van der Waals surface area contributed by atoms with Crippen LogP contribution in [0, 0.1) is 0 Å². The average molecular weight is 1090 g/mol. The number of primary amides is 1. The molecule has 3 amide bonds. The molecule has 9 rings (SSSR count). The van der Waals surface area contributed by atoms with E-state index in [2.05, 4.69) is 73.8 Å². The summed E-state index contributed by atoms with van der Waals surface area (Å²) in [6, 6.07) is 25.8. The molecular weight excluding hydrogens is 1010 g/mol. The molecule has 0 bridgehead atoms. The summed E-state index contributed by atoms with van der Waals surface area (Å²) < 4.78 is 43.2. The van der Waals surface area contributed by atoms with Crippen molar-refractivity contribution < 1.29 is 47.5 Å². The number of methoxy groups -OCH3 is 2. The van der Waals surface area contributed by atoms with Crippen LogP contribution in [0.5, 0.6) is 17.2 Å².